The van der Waals surface area contributed by atoms with Crippen LogP contribution in [-0.4, -0.2) is 28.1 Å². The van der Waals surface area contributed by atoms with Gasteiger partial charge in [0.25, 0.3) is 11.8 Å². The predicted octanol–water partition coefficient (Wildman–Crippen LogP) is 5.23. The number of dihydropyridines is 1. The fraction of sp³-hybridized carbons (Fsp3) is 0.111. The molecule has 2 aliphatic heterocycles. The normalized spacial score (nSPS) is 22.8. The molecule has 0 aromatic heterocycles. The third kappa shape index (κ3) is 4.73. The molecule has 2 atom stereocenters. The highest BCUT2D eigenvalue weighted by molar-refractivity contribution is 7.80. The van der Waals surface area contributed by atoms with Gasteiger partial charge in [-0.25, -0.2) is 0 Å². The van der Waals surface area contributed by atoms with Crippen LogP contribution in [0.2, 0.25) is 0 Å². The van der Waals surface area contributed by atoms with Crippen LogP contribution < -0.4 is 15.0 Å². The van der Waals surface area contributed by atoms with Crippen molar-refractivity contribution in [2.24, 2.45) is 10.9 Å². The number of allylic oxidation sites excluding steroid dienone is 4. The zero-order chi connectivity index (χ0) is 24.5. The van der Waals surface area contributed by atoms with Crippen LogP contribution in [0.25, 0.3) is 0 Å². The summed E-state index contributed by atoms with van der Waals surface area (Å²) in [6.45, 7) is 2.01. The Labute approximate surface area is 212 Å². The summed E-state index contributed by atoms with van der Waals surface area (Å²) in [5.74, 6) is 0.180. The van der Waals surface area contributed by atoms with Gasteiger partial charge in [-0.05, 0) is 61.6 Å². The molecule has 0 radical (unpaired) electrons. The molecule has 6 nitrogen and oxygen atoms in total. The maximum absolute atomic E-state index is 13.4. The van der Waals surface area contributed by atoms with E-state index in [9.17, 15) is 9.59 Å². The summed E-state index contributed by atoms with van der Waals surface area (Å²) in [7, 11) is 0. The second kappa shape index (κ2) is 9.44. The van der Waals surface area contributed by atoms with Gasteiger partial charge in [0, 0.05) is 11.5 Å². The molecule has 2 unspecified atom stereocenters. The summed E-state index contributed by atoms with van der Waals surface area (Å²) in [6.07, 6.45) is 9.47. The topological polar surface area (TPSA) is 71.0 Å². The number of benzene rings is 2. The number of halogens is 1. The van der Waals surface area contributed by atoms with E-state index in [1.54, 1.807) is 24.3 Å². The minimum absolute atomic E-state index is 0.00213. The van der Waals surface area contributed by atoms with Crippen LogP contribution in [0, 0.1) is 5.92 Å². The Kier molecular flexibility index (Phi) is 6.19. The van der Waals surface area contributed by atoms with Gasteiger partial charge < -0.3 is 4.74 Å². The van der Waals surface area contributed by atoms with E-state index in [1.165, 1.54) is 11.0 Å². The van der Waals surface area contributed by atoms with Crippen LogP contribution in [0.3, 0.4) is 0 Å². The number of para-hydroxylation sites is 1. The summed E-state index contributed by atoms with van der Waals surface area (Å²) in [5.41, 5.74) is 2.06. The first-order chi connectivity index (χ1) is 16.9. The second-order valence-corrected chi connectivity index (χ2v) is 8.99. The monoisotopic (exact) mass is 501 g/mol. The second-order valence-electron chi connectivity index (χ2n) is 8.25. The minimum Gasteiger partial charge on any atom is -0.457 e. The SMILES string of the molecule is CC1=CC2C=C(/C=C3\C(=O)NC(=S)N(c4ccc(Oc5ccccc5)cc4)C3=O)C(Cl)=NC2C=C1. The fourth-order valence-corrected chi connectivity index (χ4v) is 4.55. The summed E-state index contributed by atoms with van der Waals surface area (Å²) >= 11 is 11.7. The molecule has 0 spiro atoms. The largest absolute Gasteiger partial charge is 0.457 e. The number of carbonyl (C=O) groups is 2. The van der Waals surface area contributed by atoms with Crippen molar-refractivity contribution in [2.45, 2.75) is 13.0 Å². The molecule has 35 heavy (non-hydrogen) atoms. The summed E-state index contributed by atoms with van der Waals surface area (Å²) in [4.78, 5) is 31.9. The Bertz CT molecular complexity index is 1370. The van der Waals surface area contributed by atoms with Crippen LogP contribution in [0.1, 0.15) is 6.92 Å². The number of anilines is 1. The van der Waals surface area contributed by atoms with Crippen molar-refractivity contribution in [3.63, 3.8) is 0 Å². The third-order valence-corrected chi connectivity index (χ3v) is 6.35. The first kappa shape index (κ1) is 23.0. The predicted molar refractivity (Wildman–Crippen MR) is 141 cm³/mol. The lowest BCUT2D eigenvalue weighted by Crippen LogP contribution is -2.54. The van der Waals surface area contributed by atoms with E-state index in [4.69, 9.17) is 28.6 Å². The van der Waals surface area contributed by atoms with Gasteiger partial charge in [-0.2, -0.15) is 0 Å². The first-order valence-corrected chi connectivity index (χ1v) is 11.7. The molecule has 1 saturated heterocycles. The van der Waals surface area contributed by atoms with Crippen LogP contribution >= 0.6 is 23.8 Å². The molecule has 1 fully saturated rings. The van der Waals surface area contributed by atoms with Gasteiger partial charge in [-0.1, -0.05) is 59.7 Å². The molecule has 5 rings (SSSR count). The molecule has 0 saturated carbocycles. The van der Waals surface area contributed by atoms with Gasteiger partial charge in [0.1, 0.15) is 22.2 Å². The van der Waals surface area contributed by atoms with Gasteiger partial charge in [-0.3, -0.25) is 24.8 Å². The number of ether oxygens (including phenoxy) is 1. The van der Waals surface area contributed by atoms with Gasteiger partial charge in [-0.15, -0.1) is 0 Å². The molecular formula is C27H20ClN3O3S. The quantitative estimate of drug-likeness (QED) is 0.354. The Balaban J connectivity index is 1.41. The lowest BCUT2D eigenvalue weighted by molar-refractivity contribution is -0.122. The van der Waals surface area contributed by atoms with Crippen molar-refractivity contribution in [1.29, 1.82) is 0 Å². The lowest BCUT2D eigenvalue weighted by Gasteiger charge is -2.29. The maximum Gasteiger partial charge on any atom is 0.270 e. The van der Waals surface area contributed by atoms with E-state index >= 15 is 0 Å². The van der Waals surface area contributed by atoms with E-state index in [2.05, 4.69) is 16.4 Å². The molecule has 1 N–H and O–H groups in total. The Morgan fingerprint density at radius 1 is 1.06 bits per heavy atom. The molecule has 1 aliphatic carbocycles. The van der Waals surface area contributed by atoms with Crippen LogP contribution in [0.4, 0.5) is 5.69 Å². The first-order valence-electron chi connectivity index (χ1n) is 11.0. The van der Waals surface area contributed by atoms with Gasteiger partial charge in [0.2, 0.25) is 0 Å². The standard InChI is InChI=1S/C27H20ClN3O3S/c1-16-7-12-23-17(13-16)14-18(24(28)29-23)15-22-25(32)30-27(35)31(26(22)33)19-8-10-21(11-9-19)34-20-5-3-2-4-6-20/h2-15,17,23H,1H3,(H,30,32,35)/b22-15+. The van der Waals surface area contributed by atoms with Crippen LogP contribution in [0.15, 0.2) is 107 Å². The van der Waals surface area contributed by atoms with E-state index in [1.807, 2.05) is 55.5 Å². The Hall–Kier alpha value is -3.81. The maximum atomic E-state index is 13.4. The minimum atomic E-state index is -0.581. The highest BCUT2D eigenvalue weighted by Gasteiger charge is 2.35. The molecule has 2 heterocycles. The van der Waals surface area contributed by atoms with E-state index in [0.717, 1.165) is 5.57 Å². The number of fused-ring (bicyclic) bond motifs is 1. The zero-order valence-corrected chi connectivity index (χ0v) is 20.2. The molecular weight excluding hydrogens is 482 g/mol. The number of nitrogens with zero attached hydrogens (tertiary/aromatic N) is 2. The number of aliphatic imine (C=N–C) groups is 1. The van der Waals surface area contributed by atoms with Gasteiger partial charge in [0.15, 0.2) is 5.11 Å². The van der Waals surface area contributed by atoms with Crippen molar-refractivity contribution >= 4 is 51.6 Å². The van der Waals surface area contributed by atoms with Crippen LogP contribution in [-0.2, 0) is 9.59 Å². The molecule has 174 valence electrons. The van der Waals surface area contributed by atoms with E-state index < -0.39 is 11.8 Å². The van der Waals surface area contributed by atoms with Crippen molar-refractivity contribution in [3.8, 4) is 11.5 Å². The number of hydrogen-bond acceptors (Lipinski definition) is 5. The summed E-state index contributed by atoms with van der Waals surface area (Å²) < 4.78 is 5.81. The van der Waals surface area contributed by atoms with Gasteiger partial charge >= 0.3 is 0 Å². The zero-order valence-electron chi connectivity index (χ0n) is 18.6. The summed E-state index contributed by atoms with van der Waals surface area (Å²) in [6, 6.07) is 16.2. The molecule has 2 aromatic rings. The molecule has 8 heteroatoms. The van der Waals surface area contributed by atoms with Crippen molar-refractivity contribution in [3.05, 3.63) is 102 Å². The highest BCUT2D eigenvalue weighted by atomic mass is 35.5. The van der Waals surface area contributed by atoms with Crippen molar-refractivity contribution < 1.29 is 14.3 Å². The number of thiocarbonyl (C=S) groups is 1. The Morgan fingerprint density at radius 2 is 1.77 bits per heavy atom. The highest BCUT2D eigenvalue weighted by Crippen LogP contribution is 2.30. The Morgan fingerprint density at radius 3 is 2.51 bits per heavy atom. The number of nitrogens with one attached hydrogen (secondary N) is 1. The smallest absolute Gasteiger partial charge is 0.270 e. The van der Waals surface area contributed by atoms with E-state index in [0.29, 0.717) is 22.8 Å². The number of rotatable bonds is 4. The van der Waals surface area contributed by atoms with Crippen molar-refractivity contribution in [1.82, 2.24) is 5.32 Å². The molecule has 2 amide bonds. The average molecular weight is 502 g/mol. The molecule has 0 bridgehead atoms. The summed E-state index contributed by atoms with van der Waals surface area (Å²) in [5, 5.41) is 2.85. The fourth-order valence-electron chi connectivity index (χ4n) is 4.04. The van der Waals surface area contributed by atoms with Crippen LogP contribution in [0.5, 0.6) is 11.5 Å². The third-order valence-electron chi connectivity index (χ3n) is 5.75. The number of amides is 2. The average Bonchev–Trinajstić information content (AvgIpc) is 2.84. The number of hydrogen-bond donors (Lipinski definition) is 1. The van der Waals surface area contributed by atoms with Gasteiger partial charge in [0.05, 0.1) is 11.7 Å². The molecule has 3 aliphatic rings. The molecule has 2 aromatic carbocycles. The lowest BCUT2D eigenvalue weighted by atomic mass is 9.88. The number of carbonyl (C=O) groups excluding carboxylic acids is 2. The van der Waals surface area contributed by atoms with Crippen molar-refractivity contribution in [2.75, 3.05) is 4.90 Å². The van der Waals surface area contributed by atoms with E-state index in [-0.39, 0.29) is 27.8 Å².